The van der Waals surface area contributed by atoms with Crippen molar-refractivity contribution in [1.29, 1.82) is 0 Å². The maximum atomic E-state index is 14.0. The van der Waals surface area contributed by atoms with Crippen molar-refractivity contribution in [3.63, 3.8) is 0 Å². The van der Waals surface area contributed by atoms with Crippen molar-refractivity contribution in [2.75, 3.05) is 72.1 Å². The number of aliphatic imine (C=N–C) groups is 2. The average molecular weight is 928 g/mol. The van der Waals surface area contributed by atoms with Gasteiger partial charge in [-0.05, 0) is 67.3 Å². The second-order valence-corrected chi connectivity index (χ2v) is 18.0. The molecule has 4 atom stereocenters. The molecule has 3 aromatic carbocycles. The lowest BCUT2D eigenvalue weighted by molar-refractivity contribution is -0.129. The Morgan fingerprint density at radius 3 is 1.93 bits per heavy atom. The van der Waals surface area contributed by atoms with E-state index in [1.807, 2.05) is 32.3 Å². The molecule has 0 spiro atoms. The van der Waals surface area contributed by atoms with E-state index in [4.69, 9.17) is 29.7 Å². The second-order valence-electron chi connectivity index (χ2n) is 18.0. The van der Waals surface area contributed by atoms with Crippen LogP contribution in [0.25, 0.3) is 5.57 Å². The van der Waals surface area contributed by atoms with Gasteiger partial charge in [0.2, 0.25) is 11.8 Å². The highest BCUT2D eigenvalue weighted by molar-refractivity contribution is 6.06. The smallest absolute Gasteiger partial charge is 0.260 e. The minimum atomic E-state index is -0.740. The maximum Gasteiger partial charge on any atom is 0.260 e. The minimum absolute atomic E-state index is 0.0504. The predicted octanol–water partition coefficient (Wildman–Crippen LogP) is 5.25. The van der Waals surface area contributed by atoms with Crippen LogP contribution in [0.3, 0.4) is 0 Å². The lowest BCUT2D eigenvalue weighted by atomic mass is 10.0. The van der Waals surface area contributed by atoms with Gasteiger partial charge in [-0.2, -0.15) is 0 Å². The summed E-state index contributed by atoms with van der Waals surface area (Å²) in [6.07, 6.45) is 12.7. The van der Waals surface area contributed by atoms with E-state index >= 15 is 0 Å². The summed E-state index contributed by atoms with van der Waals surface area (Å²) in [5.74, 6) is 0.575. The number of hydrogen-bond donors (Lipinski definition) is 3. The van der Waals surface area contributed by atoms with Gasteiger partial charge in [-0.3, -0.25) is 29.2 Å². The average Bonchev–Trinajstić information content (AvgIpc) is 3.91. The SMILES string of the molecule is COc1cc2c(cc1OCCCOc1cc3c(cc1OC)C(=O)N1C=C(c4ccc(N5CCN(C)CC5)cc4)C[C@H]1C=N3)N=C[C@@H]1CC(C=CCNC(=O)[C@H](C)NC(=O)[C@@H](N)C(C)C)=CN1C2=O. The van der Waals surface area contributed by atoms with E-state index in [-0.39, 0.29) is 61.4 Å². The Morgan fingerprint density at radius 1 is 0.779 bits per heavy atom. The normalized spacial score (nSPS) is 19.6. The van der Waals surface area contributed by atoms with E-state index < -0.39 is 12.1 Å². The molecular weight excluding hydrogens is 867 g/mol. The number of benzene rings is 3. The number of piperazine rings is 1. The molecule has 5 heterocycles. The molecule has 8 rings (SSSR count). The molecule has 4 amide bonds. The summed E-state index contributed by atoms with van der Waals surface area (Å²) in [4.78, 5) is 70.2. The van der Waals surface area contributed by atoms with Gasteiger partial charge in [0, 0.05) is 88.2 Å². The fourth-order valence-electron chi connectivity index (χ4n) is 8.66. The Kier molecular flexibility index (Phi) is 14.6. The van der Waals surface area contributed by atoms with Crippen molar-refractivity contribution >= 4 is 58.7 Å². The quantitative estimate of drug-likeness (QED) is 0.150. The molecule has 4 N–H and O–H groups in total. The molecule has 17 nitrogen and oxygen atoms in total. The first-order valence-electron chi connectivity index (χ1n) is 23.2. The number of nitrogens with one attached hydrogen (secondary N) is 2. The topological polar surface area (TPSA) is 193 Å². The van der Waals surface area contributed by atoms with E-state index in [2.05, 4.69) is 56.7 Å². The molecule has 68 heavy (non-hydrogen) atoms. The Balaban J connectivity index is 0.832. The molecule has 0 saturated carbocycles. The molecule has 1 saturated heterocycles. The number of ether oxygens (including phenoxy) is 4. The summed E-state index contributed by atoms with van der Waals surface area (Å²) < 4.78 is 23.7. The molecule has 3 aromatic rings. The zero-order valence-corrected chi connectivity index (χ0v) is 39.6. The Morgan fingerprint density at radius 2 is 1.35 bits per heavy atom. The molecule has 5 aliphatic heterocycles. The number of likely N-dealkylation sites (N-methyl/N-ethyl adjacent to an activating group) is 1. The summed E-state index contributed by atoms with van der Waals surface area (Å²) in [6.45, 7) is 10.2. The molecule has 0 unspecified atom stereocenters. The van der Waals surface area contributed by atoms with Crippen LogP contribution in [-0.4, -0.2) is 142 Å². The third kappa shape index (κ3) is 10.4. The first kappa shape index (κ1) is 47.5. The van der Waals surface area contributed by atoms with Crippen LogP contribution >= 0.6 is 0 Å². The van der Waals surface area contributed by atoms with Crippen molar-refractivity contribution in [2.45, 2.75) is 64.2 Å². The number of nitrogens with zero attached hydrogens (tertiary/aromatic N) is 6. The van der Waals surface area contributed by atoms with E-state index in [0.29, 0.717) is 64.8 Å². The predicted molar refractivity (Wildman–Crippen MR) is 262 cm³/mol. The summed E-state index contributed by atoms with van der Waals surface area (Å²) >= 11 is 0. The molecule has 0 aliphatic carbocycles. The van der Waals surface area contributed by atoms with Gasteiger partial charge < -0.3 is 54.9 Å². The van der Waals surface area contributed by atoms with Crippen LogP contribution in [-0.2, 0) is 9.59 Å². The highest BCUT2D eigenvalue weighted by Crippen LogP contribution is 2.41. The lowest BCUT2D eigenvalue weighted by Crippen LogP contribution is -2.51. The fourth-order valence-corrected chi connectivity index (χ4v) is 8.66. The molecule has 17 heteroatoms. The fraction of sp³-hybridized carbons (Fsp3) is 0.412. The number of methoxy groups -OCH3 is 2. The van der Waals surface area contributed by atoms with Crippen molar-refractivity contribution in [1.82, 2.24) is 25.3 Å². The lowest BCUT2D eigenvalue weighted by Gasteiger charge is -2.34. The number of amides is 4. The number of anilines is 1. The number of rotatable bonds is 17. The number of hydrogen-bond acceptors (Lipinski definition) is 13. The number of carbonyl (C=O) groups excluding carboxylic acids is 4. The van der Waals surface area contributed by atoms with Crippen LogP contribution in [0.2, 0.25) is 0 Å². The third-order valence-electron chi connectivity index (χ3n) is 12.9. The molecule has 0 aromatic heterocycles. The van der Waals surface area contributed by atoms with Crippen LogP contribution in [0.15, 0.2) is 88.6 Å². The highest BCUT2D eigenvalue weighted by Gasteiger charge is 2.35. The van der Waals surface area contributed by atoms with Crippen LogP contribution in [0.4, 0.5) is 17.1 Å². The maximum absolute atomic E-state index is 14.0. The van der Waals surface area contributed by atoms with Crippen molar-refractivity contribution in [3.05, 3.63) is 95.3 Å². The van der Waals surface area contributed by atoms with E-state index in [9.17, 15) is 19.2 Å². The van der Waals surface area contributed by atoms with Crippen LogP contribution < -0.4 is 40.2 Å². The van der Waals surface area contributed by atoms with Gasteiger partial charge in [-0.25, -0.2) is 0 Å². The van der Waals surface area contributed by atoms with E-state index in [0.717, 1.165) is 42.9 Å². The number of nitrogens with two attached hydrogens (primary N) is 1. The van der Waals surface area contributed by atoms with Gasteiger partial charge in [-0.15, -0.1) is 0 Å². The van der Waals surface area contributed by atoms with Crippen LogP contribution in [0, 0.1) is 5.92 Å². The van der Waals surface area contributed by atoms with Gasteiger partial charge >= 0.3 is 0 Å². The number of allylic oxidation sites excluding steroid dienone is 1. The van der Waals surface area contributed by atoms with Crippen LogP contribution in [0.1, 0.15) is 66.3 Å². The summed E-state index contributed by atoms with van der Waals surface area (Å²) in [6, 6.07) is 13.5. The zero-order valence-electron chi connectivity index (χ0n) is 39.6. The van der Waals surface area contributed by atoms with Gasteiger partial charge in [0.1, 0.15) is 6.04 Å². The summed E-state index contributed by atoms with van der Waals surface area (Å²) in [5.41, 5.74) is 12.0. The van der Waals surface area contributed by atoms with Gasteiger partial charge in [-0.1, -0.05) is 38.1 Å². The van der Waals surface area contributed by atoms with E-state index in [1.165, 1.54) is 12.8 Å². The van der Waals surface area contributed by atoms with Crippen molar-refractivity contribution in [3.8, 4) is 23.0 Å². The van der Waals surface area contributed by atoms with Gasteiger partial charge in [0.15, 0.2) is 23.0 Å². The molecule has 5 aliphatic rings. The number of fused-ring (bicyclic) bond motifs is 4. The molecule has 1 fully saturated rings. The zero-order chi connectivity index (χ0) is 48.1. The van der Waals surface area contributed by atoms with Gasteiger partial charge in [0.05, 0.1) is 68.1 Å². The Labute approximate surface area is 397 Å². The summed E-state index contributed by atoms with van der Waals surface area (Å²) in [5, 5.41) is 5.43. The number of carbonyl (C=O) groups is 4. The van der Waals surface area contributed by atoms with E-state index in [1.54, 1.807) is 66.6 Å². The van der Waals surface area contributed by atoms with Crippen molar-refractivity contribution < 1.29 is 38.1 Å². The van der Waals surface area contributed by atoms with Crippen molar-refractivity contribution in [2.24, 2.45) is 21.6 Å². The molecule has 0 bridgehead atoms. The second kappa shape index (κ2) is 20.9. The molecular formula is C51H61N9O8. The molecule has 0 radical (unpaired) electrons. The third-order valence-corrected chi connectivity index (χ3v) is 12.9. The first-order valence-corrected chi connectivity index (χ1v) is 23.2. The highest BCUT2D eigenvalue weighted by atomic mass is 16.5. The largest absolute Gasteiger partial charge is 0.493 e. The Hall–Kier alpha value is -6.98. The minimum Gasteiger partial charge on any atom is -0.493 e. The molecule has 358 valence electrons. The first-order chi connectivity index (χ1) is 32.8. The standard InChI is InChI=1S/C51H61N9O8/c1-31(2)47(52)49(62)56-32(3)48(61)53-14-7-9-33-21-37-27-54-41-25-45(43(65-5)23-39(41)50(63)59(37)29-33)67-19-8-20-68-46-26-42-40(24-44(46)66-6)51(64)60-30-35(22-38(60)28-55-42)34-10-12-36(13-11-34)58-17-15-57(4)16-18-58/h7,9-13,23-32,37-38,47H,8,14-22,52H2,1-6H3,(H,53,61)(H,56,62)/t32-,37-,38-,47-/m0/s1. The monoisotopic (exact) mass is 927 g/mol. The van der Waals surface area contributed by atoms with Gasteiger partial charge in [0.25, 0.3) is 11.8 Å². The Bertz CT molecular complexity index is 2560. The van der Waals surface area contributed by atoms with Crippen LogP contribution in [0.5, 0.6) is 23.0 Å². The summed E-state index contributed by atoms with van der Waals surface area (Å²) in [7, 11) is 5.21.